The van der Waals surface area contributed by atoms with E-state index in [9.17, 15) is 14.7 Å². The number of aromatic nitrogens is 3. The highest BCUT2D eigenvalue weighted by atomic mass is 16.4. The average Bonchev–Trinajstić information content (AvgIpc) is 3.16. The van der Waals surface area contributed by atoms with Gasteiger partial charge in [0.25, 0.3) is 5.56 Å². The molecule has 0 atom stereocenters. The maximum atomic E-state index is 13.1. The zero-order valence-electron chi connectivity index (χ0n) is 17.3. The van der Waals surface area contributed by atoms with E-state index in [1.165, 1.54) is 0 Å². The fourth-order valence-corrected chi connectivity index (χ4v) is 4.07. The summed E-state index contributed by atoms with van der Waals surface area (Å²) in [5.41, 5.74) is 5.37. The number of fused-ring (bicyclic) bond motifs is 3. The number of imidazole rings is 1. The molecule has 2 aromatic heterocycles. The summed E-state index contributed by atoms with van der Waals surface area (Å²) in [5, 5.41) is 13.3. The second-order valence-electron chi connectivity index (χ2n) is 7.45. The van der Waals surface area contributed by atoms with Gasteiger partial charge in [0.15, 0.2) is 0 Å². The van der Waals surface area contributed by atoms with Crippen LogP contribution in [0.4, 0.5) is 5.69 Å². The summed E-state index contributed by atoms with van der Waals surface area (Å²) in [5.74, 6) is -0.963. The number of aromatic carboxylic acids is 1. The van der Waals surface area contributed by atoms with E-state index in [0.29, 0.717) is 24.0 Å². The monoisotopic (exact) mass is 404 g/mol. The summed E-state index contributed by atoms with van der Waals surface area (Å²) in [6.07, 6.45) is 3.15. The molecule has 0 unspecified atom stereocenters. The first kappa shape index (κ1) is 19.7. The third-order valence-corrected chi connectivity index (χ3v) is 5.44. The van der Waals surface area contributed by atoms with Crippen LogP contribution in [0.25, 0.3) is 16.6 Å². The third-order valence-electron chi connectivity index (χ3n) is 5.44. The van der Waals surface area contributed by atoms with Gasteiger partial charge in [0.05, 0.1) is 22.2 Å². The van der Waals surface area contributed by atoms with Crippen LogP contribution >= 0.6 is 0 Å². The molecule has 0 aliphatic carbocycles. The first-order valence-corrected chi connectivity index (χ1v) is 9.96. The van der Waals surface area contributed by atoms with Crippen molar-refractivity contribution >= 4 is 28.2 Å². The lowest BCUT2D eigenvalue weighted by molar-refractivity contribution is 0.0698. The smallest absolute Gasteiger partial charge is 0.337 e. The fourth-order valence-electron chi connectivity index (χ4n) is 4.07. The molecule has 0 bridgehead atoms. The van der Waals surface area contributed by atoms with Gasteiger partial charge in [-0.2, -0.15) is 0 Å². The van der Waals surface area contributed by atoms with Crippen LogP contribution in [0.5, 0.6) is 0 Å². The standard InChI is InChI=1S/C23H24N4O3/c1-4-18-21-26(3)22(28)17-12-14(2)11-15(20(17)27(21)13-25-18)9-10-24-19-8-6-5-7-16(19)23(29)30/h5-8,11-13,24H,4,9-10H2,1-3H3,(H,29,30). The Hall–Kier alpha value is -3.61. The number of anilines is 1. The molecule has 0 fully saturated rings. The molecule has 30 heavy (non-hydrogen) atoms. The zero-order chi connectivity index (χ0) is 21.4. The summed E-state index contributed by atoms with van der Waals surface area (Å²) in [4.78, 5) is 29.0. The molecule has 0 saturated heterocycles. The maximum Gasteiger partial charge on any atom is 0.337 e. The Morgan fingerprint density at radius 2 is 2.00 bits per heavy atom. The molecule has 7 nitrogen and oxygen atoms in total. The summed E-state index contributed by atoms with van der Waals surface area (Å²) < 4.78 is 3.66. The summed E-state index contributed by atoms with van der Waals surface area (Å²) in [6.45, 7) is 4.54. The molecule has 154 valence electrons. The van der Waals surface area contributed by atoms with Gasteiger partial charge in [-0.25, -0.2) is 9.78 Å². The summed E-state index contributed by atoms with van der Waals surface area (Å²) in [6, 6.07) is 10.9. The van der Waals surface area contributed by atoms with E-state index in [1.807, 2.05) is 30.4 Å². The van der Waals surface area contributed by atoms with Crippen LogP contribution in [0.2, 0.25) is 0 Å². The van der Waals surface area contributed by atoms with Gasteiger partial charge in [-0.1, -0.05) is 25.1 Å². The Kier molecular flexibility index (Phi) is 5.03. The molecular weight excluding hydrogens is 380 g/mol. The van der Waals surface area contributed by atoms with Crippen molar-refractivity contribution in [3.05, 3.63) is 75.5 Å². The van der Waals surface area contributed by atoms with E-state index in [1.54, 1.807) is 36.1 Å². The predicted molar refractivity (Wildman–Crippen MR) is 118 cm³/mol. The zero-order valence-corrected chi connectivity index (χ0v) is 17.3. The highest BCUT2D eigenvalue weighted by Gasteiger charge is 2.16. The van der Waals surface area contributed by atoms with Crippen molar-refractivity contribution in [1.82, 2.24) is 14.0 Å². The van der Waals surface area contributed by atoms with Crippen molar-refractivity contribution in [3.8, 4) is 0 Å². The summed E-state index contributed by atoms with van der Waals surface area (Å²) >= 11 is 0. The first-order chi connectivity index (χ1) is 14.4. The van der Waals surface area contributed by atoms with Crippen molar-refractivity contribution in [2.75, 3.05) is 11.9 Å². The van der Waals surface area contributed by atoms with Gasteiger partial charge in [-0.05, 0) is 49.1 Å². The number of carboxylic acid groups (broad SMARTS) is 1. The van der Waals surface area contributed by atoms with Crippen LogP contribution < -0.4 is 10.9 Å². The third kappa shape index (κ3) is 3.22. The largest absolute Gasteiger partial charge is 0.478 e. The van der Waals surface area contributed by atoms with Gasteiger partial charge >= 0.3 is 5.97 Å². The molecule has 0 radical (unpaired) electrons. The maximum absolute atomic E-state index is 13.1. The quantitative estimate of drug-likeness (QED) is 0.514. The van der Waals surface area contributed by atoms with E-state index >= 15 is 0 Å². The molecule has 0 aliphatic rings. The second kappa shape index (κ2) is 7.67. The van der Waals surface area contributed by atoms with Crippen molar-refractivity contribution in [2.45, 2.75) is 26.7 Å². The molecule has 0 amide bonds. The lowest BCUT2D eigenvalue weighted by Crippen LogP contribution is -2.21. The fraction of sp³-hybridized carbons (Fsp3) is 0.261. The van der Waals surface area contributed by atoms with Gasteiger partial charge in [-0.3, -0.25) is 13.8 Å². The number of nitrogens with zero attached hydrogens (tertiary/aromatic N) is 3. The molecule has 4 aromatic rings. The Bertz CT molecular complexity index is 1330. The van der Waals surface area contributed by atoms with Crippen LogP contribution in [0.15, 0.2) is 47.5 Å². The Morgan fingerprint density at radius 1 is 1.23 bits per heavy atom. The molecule has 2 N–H and O–H groups in total. The van der Waals surface area contributed by atoms with E-state index in [2.05, 4.69) is 16.4 Å². The van der Waals surface area contributed by atoms with Crippen LogP contribution in [0.1, 0.15) is 34.1 Å². The van der Waals surface area contributed by atoms with Gasteiger partial charge in [0.1, 0.15) is 12.0 Å². The minimum atomic E-state index is -0.963. The van der Waals surface area contributed by atoms with E-state index < -0.39 is 5.97 Å². The number of hydrogen-bond donors (Lipinski definition) is 2. The highest BCUT2D eigenvalue weighted by molar-refractivity contribution is 5.94. The molecule has 7 heteroatoms. The topological polar surface area (TPSA) is 88.6 Å². The second-order valence-corrected chi connectivity index (χ2v) is 7.45. The van der Waals surface area contributed by atoms with E-state index in [4.69, 9.17) is 0 Å². The number of rotatable bonds is 6. The van der Waals surface area contributed by atoms with E-state index in [-0.39, 0.29) is 11.1 Å². The van der Waals surface area contributed by atoms with Gasteiger partial charge < -0.3 is 10.4 Å². The predicted octanol–water partition coefficient (Wildman–Crippen LogP) is 3.41. The normalized spacial score (nSPS) is 11.3. The molecule has 0 spiro atoms. The minimum absolute atomic E-state index is 0.0400. The van der Waals surface area contributed by atoms with Crippen LogP contribution in [0.3, 0.4) is 0 Å². The molecule has 0 aliphatic heterocycles. The van der Waals surface area contributed by atoms with Gasteiger partial charge in [-0.15, -0.1) is 0 Å². The minimum Gasteiger partial charge on any atom is -0.478 e. The SMILES string of the molecule is CCc1ncn2c3c(CCNc4ccccc4C(=O)O)cc(C)cc3c(=O)n(C)c12. The Labute approximate surface area is 173 Å². The number of aryl methyl sites for hydroxylation is 3. The van der Waals surface area contributed by atoms with E-state index in [0.717, 1.165) is 34.4 Å². The average molecular weight is 404 g/mol. The Morgan fingerprint density at radius 3 is 2.73 bits per heavy atom. The van der Waals surface area contributed by atoms with Crippen LogP contribution in [0, 0.1) is 6.92 Å². The lowest BCUT2D eigenvalue weighted by atomic mass is 10.0. The molecular formula is C23H24N4O3. The summed E-state index contributed by atoms with van der Waals surface area (Å²) in [7, 11) is 1.78. The van der Waals surface area contributed by atoms with Gasteiger partial charge in [0.2, 0.25) is 0 Å². The lowest BCUT2D eigenvalue weighted by Gasteiger charge is -2.14. The Balaban J connectivity index is 1.78. The number of para-hydroxylation sites is 1. The molecule has 0 saturated carbocycles. The highest BCUT2D eigenvalue weighted by Crippen LogP contribution is 2.23. The molecule has 2 aromatic carbocycles. The number of nitrogens with one attached hydrogen (secondary N) is 1. The first-order valence-electron chi connectivity index (χ1n) is 9.96. The van der Waals surface area contributed by atoms with Gasteiger partial charge in [0, 0.05) is 19.3 Å². The van der Waals surface area contributed by atoms with Crippen LogP contribution in [-0.2, 0) is 19.9 Å². The van der Waals surface area contributed by atoms with Crippen molar-refractivity contribution in [1.29, 1.82) is 0 Å². The van der Waals surface area contributed by atoms with Crippen molar-refractivity contribution in [2.24, 2.45) is 7.05 Å². The number of hydrogen-bond acceptors (Lipinski definition) is 4. The number of benzene rings is 2. The molecule has 4 rings (SSSR count). The number of carbonyl (C=O) groups is 1. The van der Waals surface area contributed by atoms with Crippen LogP contribution in [-0.4, -0.2) is 31.6 Å². The van der Waals surface area contributed by atoms with Crippen molar-refractivity contribution < 1.29 is 9.90 Å². The molecule has 2 heterocycles. The van der Waals surface area contributed by atoms with Crippen molar-refractivity contribution in [3.63, 3.8) is 0 Å². The number of carboxylic acids is 1.